The summed E-state index contributed by atoms with van der Waals surface area (Å²) in [5.41, 5.74) is 0.113. The first kappa shape index (κ1) is 15.5. The summed E-state index contributed by atoms with van der Waals surface area (Å²) in [6.45, 7) is 9.22. The molecule has 0 bridgehead atoms. The van der Waals surface area contributed by atoms with Crippen molar-refractivity contribution in [2.75, 3.05) is 6.61 Å². The fraction of sp³-hybridized carbons (Fsp3) is 0.938. The monoisotopic (exact) mass is 254 g/mol. The Morgan fingerprint density at radius 2 is 1.89 bits per heavy atom. The lowest BCUT2D eigenvalue weighted by molar-refractivity contribution is -0.146. The third-order valence-corrected chi connectivity index (χ3v) is 4.24. The molecule has 0 aromatic heterocycles. The molecule has 106 valence electrons. The Morgan fingerprint density at radius 3 is 2.44 bits per heavy atom. The van der Waals surface area contributed by atoms with Gasteiger partial charge in [0.15, 0.2) is 0 Å². The highest BCUT2D eigenvalue weighted by atomic mass is 16.5. The molecule has 0 aromatic rings. The average Bonchev–Trinajstić information content (AvgIpc) is 2.36. The molecule has 2 heteroatoms. The highest BCUT2D eigenvalue weighted by Crippen LogP contribution is 2.36. The van der Waals surface area contributed by atoms with E-state index in [2.05, 4.69) is 20.8 Å². The zero-order chi connectivity index (χ0) is 13.6. The molecular formula is C16H30O2. The Morgan fingerprint density at radius 1 is 1.28 bits per heavy atom. The van der Waals surface area contributed by atoms with E-state index in [0.29, 0.717) is 13.0 Å². The van der Waals surface area contributed by atoms with E-state index in [1.165, 1.54) is 32.1 Å². The van der Waals surface area contributed by atoms with E-state index in [1.54, 1.807) is 0 Å². The smallest absolute Gasteiger partial charge is 0.305 e. The third kappa shape index (κ3) is 5.41. The van der Waals surface area contributed by atoms with Gasteiger partial charge in [0.1, 0.15) is 0 Å². The lowest BCUT2D eigenvalue weighted by atomic mass is 9.73. The summed E-state index contributed by atoms with van der Waals surface area (Å²) in [6.07, 6.45) is 8.65. The predicted octanol–water partition coefficient (Wildman–Crippen LogP) is 4.57. The molecule has 18 heavy (non-hydrogen) atoms. The van der Waals surface area contributed by atoms with E-state index in [9.17, 15) is 4.79 Å². The van der Waals surface area contributed by atoms with Crippen molar-refractivity contribution in [1.29, 1.82) is 0 Å². The molecule has 1 saturated carbocycles. The standard InChI is InChI=1S/C16H30O2/c1-5-15(17)18-12-16(3,4)11-13(2)14-9-7-6-8-10-14/h13-14H,5-12H2,1-4H3/t13-/m1/s1. The quantitative estimate of drug-likeness (QED) is 0.649. The van der Waals surface area contributed by atoms with E-state index in [0.717, 1.165) is 18.3 Å². The van der Waals surface area contributed by atoms with Crippen LogP contribution in [0.5, 0.6) is 0 Å². The van der Waals surface area contributed by atoms with Gasteiger partial charge < -0.3 is 4.74 Å². The van der Waals surface area contributed by atoms with Crippen LogP contribution < -0.4 is 0 Å². The summed E-state index contributed by atoms with van der Waals surface area (Å²) in [5.74, 6) is 1.56. The first-order valence-corrected chi connectivity index (χ1v) is 7.60. The summed E-state index contributed by atoms with van der Waals surface area (Å²) >= 11 is 0. The van der Waals surface area contributed by atoms with Crippen molar-refractivity contribution in [3.8, 4) is 0 Å². The van der Waals surface area contributed by atoms with E-state index in [4.69, 9.17) is 4.74 Å². The van der Waals surface area contributed by atoms with Crippen molar-refractivity contribution in [3.63, 3.8) is 0 Å². The van der Waals surface area contributed by atoms with Gasteiger partial charge in [-0.05, 0) is 23.7 Å². The summed E-state index contributed by atoms with van der Waals surface area (Å²) in [7, 11) is 0. The van der Waals surface area contributed by atoms with Gasteiger partial charge in [0.25, 0.3) is 0 Å². The molecule has 0 saturated heterocycles. The van der Waals surface area contributed by atoms with Crippen LogP contribution in [-0.4, -0.2) is 12.6 Å². The van der Waals surface area contributed by atoms with Gasteiger partial charge in [-0.25, -0.2) is 0 Å². The molecular weight excluding hydrogens is 224 g/mol. The second kappa shape index (κ2) is 7.16. The number of esters is 1. The Hall–Kier alpha value is -0.530. The number of ether oxygens (including phenoxy) is 1. The minimum Gasteiger partial charge on any atom is -0.465 e. The fourth-order valence-corrected chi connectivity index (χ4v) is 3.18. The van der Waals surface area contributed by atoms with Crippen LogP contribution in [0, 0.1) is 17.3 Å². The molecule has 0 radical (unpaired) electrons. The van der Waals surface area contributed by atoms with Crippen molar-refractivity contribution in [2.45, 2.75) is 72.6 Å². The number of carbonyl (C=O) groups is 1. The van der Waals surface area contributed by atoms with Crippen molar-refractivity contribution >= 4 is 5.97 Å². The maximum atomic E-state index is 11.2. The van der Waals surface area contributed by atoms with E-state index < -0.39 is 0 Å². The third-order valence-electron chi connectivity index (χ3n) is 4.24. The average molecular weight is 254 g/mol. The van der Waals surface area contributed by atoms with Crippen LogP contribution in [-0.2, 0) is 9.53 Å². The van der Waals surface area contributed by atoms with Gasteiger partial charge in [0, 0.05) is 6.42 Å². The normalized spacial score (nSPS) is 19.6. The van der Waals surface area contributed by atoms with E-state index in [1.807, 2.05) is 6.92 Å². The second-order valence-corrected chi connectivity index (χ2v) is 6.76. The topological polar surface area (TPSA) is 26.3 Å². The minimum atomic E-state index is -0.0756. The summed E-state index contributed by atoms with van der Waals surface area (Å²) < 4.78 is 5.31. The largest absolute Gasteiger partial charge is 0.465 e. The first-order valence-electron chi connectivity index (χ1n) is 7.60. The summed E-state index contributed by atoms with van der Waals surface area (Å²) in [4.78, 5) is 11.2. The molecule has 2 nitrogen and oxygen atoms in total. The van der Waals surface area contributed by atoms with Crippen LogP contribution in [0.3, 0.4) is 0 Å². The van der Waals surface area contributed by atoms with Crippen molar-refractivity contribution in [2.24, 2.45) is 17.3 Å². The van der Waals surface area contributed by atoms with Gasteiger partial charge in [-0.15, -0.1) is 0 Å². The number of rotatable bonds is 6. The highest BCUT2D eigenvalue weighted by Gasteiger charge is 2.28. The zero-order valence-corrected chi connectivity index (χ0v) is 12.6. The van der Waals surface area contributed by atoms with Crippen LogP contribution in [0.4, 0.5) is 0 Å². The second-order valence-electron chi connectivity index (χ2n) is 6.76. The SMILES string of the molecule is CCC(=O)OCC(C)(C)C[C@@H](C)C1CCCCC1. The molecule has 0 aliphatic heterocycles. The number of hydrogen-bond acceptors (Lipinski definition) is 2. The predicted molar refractivity (Wildman–Crippen MR) is 75.4 cm³/mol. The Labute approximate surface area is 112 Å². The van der Waals surface area contributed by atoms with Gasteiger partial charge in [0.2, 0.25) is 0 Å². The molecule has 0 amide bonds. The summed E-state index contributed by atoms with van der Waals surface area (Å²) in [5, 5.41) is 0. The van der Waals surface area contributed by atoms with Gasteiger partial charge >= 0.3 is 5.97 Å². The lowest BCUT2D eigenvalue weighted by Crippen LogP contribution is -2.27. The molecule has 0 unspecified atom stereocenters. The number of hydrogen-bond donors (Lipinski definition) is 0. The van der Waals surface area contributed by atoms with Crippen molar-refractivity contribution < 1.29 is 9.53 Å². The van der Waals surface area contributed by atoms with Gasteiger partial charge in [-0.2, -0.15) is 0 Å². The molecule has 1 atom stereocenters. The van der Waals surface area contributed by atoms with E-state index in [-0.39, 0.29) is 11.4 Å². The molecule has 1 rings (SSSR count). The maximum absolute atomic E-state index is 11.2. The van der Waals surface area contributed by atoms with Crippen molar-refractivity contribution in [1.82, 2.24) is 0 Å². The fourth-order valence-electron chi connectivity index (χ4n) is 3.18. The van der Waals surface area contributed by atoms with Crippen LogP contribution in [0.2, 0.25) is 0 Å². The molecule has 0 heterocycles. The Bertz CT molecular complexity index is 252. The lowest BCUT2D eigenvalue weighted by Gasteiger charge is -2.33. The number of carbonyl (C=O) groups excluding carboxylic acids is 1. The van der Waals surface area contributed by atoms with Crippen LogP contribution in [0.1, 0.15) is 72.6 Å². The molecule has 1 fully saturated rings. The van der Waals surface area contributed by atoms with Crippen LogP contribution in [0.25, 0.3) is 0 Å². The minimum absolute atomic E-state index is 0.0756. The maximum Gasteiger partial charge on any atom is 0.305 e. The Kier molecular flexibility index (Phi) is 6.17. The van der Waals surface area contributed by atoms with Crippen LogP contribution >= 0.6 is 0 Å². The molecule has 1 aliphatic carbocycles. The Balaban J connectivity index is 2.35. The first-order chi connectivity index (χ1) is 8.44. The highest BCUT2D eigenvalue weighted by molar-refractivity contribution is 5.68. The van der Waals surface area contributed by atoms with E-state index >= 15 is 0 Å². The molecule has 0 aromatic carbocycles. The van der Waals surface area contributed by atoms with Crippen LogP contribution in [0.15, 0.2) is 0 Å². The molecule has 0 spiro atoms. The van der Waals surface area contributed by atoms with Gasteiger partial charge in [-0.3, -0.25) is 4.79 Å². The van der Waals surface area contributed by atoms with Crippen molar-refractivity contribution in [3.05, 3.63) is 0 Å². The van der Waals surface area contributed by atoms with Gasteiger partial charge in [-0.1, -0.05) is 59.8 Å². The molecule has 1 aliphatic rings. The molecule has 0 N–H and O–H groups in total. The summed E-state index contributed by atoms with van der Waals surface area (Å²) in [6, 6.07) is 0. The zero-order valence-electron chi connectivity index (χ0n) is 12.6. The van der Waals surface area contributed by atoms with Gasteiger partial charge in [0.05, 0.1) is 6.61 Å².